The van der Waals surface area contributed by atoms with Crippen molar-refractivity contribution in [3.05, 3.63) is 59.7 Å². The fraction of sp³-hybridized carbons (Fsp3) is 0.417. The number of hydrogen-bond donors (Lipinski definition) is 1. The van der Waals surface area contributed by atoms with Crippen molar-refractivity contribution in [3.8, 4) is 0 Å². The SMILES string of the molecule is CC(C)c1ccc(CN(C2CC2)[C@@H](C)C(=O)N2CC(=O)Nc3ccccc32)cc1. The van der Waals surface area contributed by atoms with Gasteiger partial charge >= 0.3 is 0 Å². The minimum atomic E-state index is -0.286. The average Bonchev–Trinajstić information content (AvgIpc) is 3.55. The Morgan fingerprint density at radius 1 is 1.10 bits per heavy atom. The summed E-state index contributed by atoms with van der Waals surface area (Å²) in [5.74, 6) is 0.346. The highest BCUT2D eigenvalue weighted by atomic mass is 16.2. The Balaban J connectivity index is 1.54. The second-order valence-corrected chi connectivity index (χ2v) is 8.47. The Morgan fingerprint density at radius 2 is 1.79 bits per heavy atom. The minimum absolute atomic E-state index is 0.0157. The smallest absolute Gasteiger partial charge is 0.244 e. The minimum Gasteiger partial charge on any atom is -0.323 e. The molecule has 1 N–H and O–H groups in total. The molecule has 1 saturated carbocycles. The van der Waals surface area contributed by atoms with Gasteiger partial charge in [-0.2, -0.15) is 0 Å². The molecule has 4 rings (SSSR count). The van der Waals surface area contributed by atoms with Crippen LogP contribution in [-0.2, 0) is 16.1 Å². The van der Waals surface area contributed by atoms with Crippen LogP contribution in [0.2, 0.25) is 0 Å². The Morgan fingerprint density at radius 3 is 2.45 bits per heavy atom. The van der Waals surface area contributed by atoms with Gasteiger partial charge in [-0.1, -0.05) is 50.2 Å². The van der Waals surface area contributed by atoms with Crippen molar-refractivity contribution in [2.45, 2.75) is 58.2 Å². The predicted molar refractivity (Wildman–Crippen MR) is 116 cm³/mol. The molecule has 5 heteroatoms. The summed E-state index contributed by atoms with van der Waals surface area (Å²) < 4.78 is 0. The van der Waals surface area contributed by atoms with Gasteiger partial charge in [0.1, 0.15) is 6.54 Å². The molecule has 1 atom stereocenters. The molecule has 1 heterocycles. The molecule has 0 aromatic heterocycles. The molecule has 0 radical (unpaired) electrons. The number of benzene rings is 2. The molecule has 5 nitrogen and oxygen atoms in total. The molecule has 1 aliphatic carbocycles. The molecule has 0 spiro atoms. The highest BCUT2D eigenvalue weighted by Crippen LogP contribution is 2.33. The van der Waals surface area contributed by atoms with Crippen molar-refractivity contribution in [1.29, 1.82) is 0 Å². The number of rotatable bonds is 6. The summed E-state index contributed by atoms with van der Waals surface area (Å²) in [6, 6.07) is 16.4. The number of amides is 2. The van der Waals surface area contributed by atoms with E-state index in [-0.39, 0.29) is 24.4 Å². The molecule has 2 amide bonds. The van der Waals surface area contributed by atoms with E-state index in [0.717, 1.165) is 25.1 Å². The first kappa shape index (κ1) is 19.6. The molecule has 29 heavy (non-hydrogen) atoms. The molecule has 1 fully saturated rings. The van der Waals surface area contributed by atoms with Crippen molar-refractivity contribution in [2.24, 2.45) is 0 Å². The summed E-state index contributed by atoms with van der Waals surface area (Å²) in [4.78, 5) is 29.5. The molecule has 2 aromatic rings. The molecule has 2 aliphatic rings. The van der Waals surface area contributed by atoms with Gasteiger partial charge in [-0.05, 0) is 48.9 Å². The van der Waals surface area contributed by atoms with Gasteiger partial charge in [0.15, 0.2) is 0 Å². The number of carbonyl (C=O) groups excluding carboxylic acids is 2. The van der Waals surface area contributed by atoms with Crippen LogP contribution in [0.5, 0.6) is 0 Å². The lowest BCUT2D eigenvalue weighted by molar-refractivity contribution is -0.125. The van der Waals surface area contributed by atoms with Crippen LogP contribution in [0.25, 0.3) is 0 Å². The summed E-state index contributed by atoms with van der Waals surface area (Å²) >= 11 is 0. The van der Waals surface area contributed by atoms with E-state index in [9.17, 15) is 9.59 Å². The zero-order valence-electron chi connectivity index (χ0n) is 17.4. The standard InChI is InChI=1S/C24H29N3O2/c1-16(2)19-10-8-18(9-11-19)14-26(20-12-13-20)17(3)24(29)27-15-23(28)25-21-6-4-5-7-22(21)27/h4-11,16-17,20H,12-15H2,1-3H3,(H,25,28)/t17-/m0/s1. The molecule has 1 aliphatic heterocycles. The topological polar surface area (TPSA) is 52.7 Å². The Hall–Kier alpha value is -2.66. The maximum Gasteiger partial charge on any atom is 0.244 e. The number of hydrogen-bond acceptors (Lipinski definition) is 3. The second kappa shape index (κ2) is 7.99. The maximum atomic E-state index is 13.4. The van der Waals surface area contributed by atoms with E-state index in [1.54, 1.807) is 4.90 Å². The van der Waals surface area contributed by atoms with Crippen LogP contribution in [-0.4, -0.2) is 35.3 Å². The van der Waals surface area contributed by atoms with E-state index >= 15 is 0 Å². The highest BCUT2D eigenvalue weighted by Gasteiger charge is 2.38. The van der Waals surface area contributed by atoms with E-state index < -0.39 is 0 Å². The summed E-state index contributed by atoms with van der Waals surface area (Å²) in [6.45, 7) is 7.18. The van der Waals surface area contributed by atoms with Gasteiger partial charge in [0, 0.05) is 12.6 Å². The summed E-state index contributed by atoms with van der Waals surface area (Å²) in [5, 5.41) is 2.86. The van der Waals surface area contributed by atoms with Gasteiger partial charge in [-0.25, -0.2) is 0 Å². The first-order chi connectivity index (χ1) is 13.9. The van der Waals surface area contributed by atoms with E-state index in [0.29, 0.717) is 17.6 Å². The lowest BCUT2D eigenvalue weighted by Crippen LogP contribution is -2.51. The van der Waals surface area contributed by atoms with Crippen LogP contribution in [0.15, 0.2) is 48.5 Å². The fourth-order valence-electron chi connectivity index (χ4n) is 4.00. The number of carbonyl (C=O) groups is 2. The number of nitrogens with one attached hydrogen (secondary N) is 1. The maximum absolute atomic E-state index is 13.4. The third-order valence-corrected chi connectivity index (χ3v) is 5.92. The van der Waals surface area contributed by atoms with Gasteiger partial charge < -0.3 is 5.32 Å². The quantitative estimate of drug-likeness (QED) is 0.805. The molecule has 0 unspecified atom stereocenters. The zero-order chi connectivity index (χ0) is 20.5. The van der Waals surface area contributed by atoms with Crippen LogP contribution in [0, 0.1) is 0 Å². The van der Waals surface area contributed by atoms with Gasteiger partial charge in [-0.3, -0.25) is 19.4 Å². The predicted octanol–water partition coefficient (Wildman–Crippen LogP) is 4.15. The van der Waals surface area contributed by atoms with E-state index in [4.69, 9.17) is 0 Å². The Labute approximate surface area is 172 Å². The molecule has 152 valence electrons. The lowest BCUT2D eigenvalue weighted by Gasteiger charge is -2.35. The van der Waals surface area contributed by atoms with Gasteiger partial charge in [0.05, 0.1) is 17.4 Å². The first-order valence-corrected chi connectivity index (χ1v) is 10.5. The summed E-state index contributed by atoms with van der Waals surface area (Å²) in [6.07, 6.45) is 2.25. The monoisotopic (exact) mass is 391 g/mol. The zero-order valence-corrected chi connectivity index (χ0v) is 17.4. The van der Waals surface area contributed by atoms with E-state index in [1.807, 2.05) is 31.2 Å². The number of para-hydroxylation sites is 2. The van der Waals surface area contributed by atoms with Gasteiger partial charge in [-0.15, -0.1) is 0 Å². The van der Waals surface area contributed by atoms with Crippen molar-refractivity contribution < 1.29 is 9.59 Å². The van der Waals surface area contributed by atoms with E-state index in [2.05, 4.69) is 48.3 Å². The second-order valence-electron chi connectivity index (χ2n) is 8.47. The third kappa shape index (κ3) is 4.20. The van der Waals surface area contributed by atoms with Crippen molar-refractivity contribution in [1.82, 2.24) is 4.90 Å². The van der Waals surface area contributed by atoms with Crippen molar-refractivity contribution >= 4 is 23.2 Å². The van der Waals surface area contributed by atoms with Crippen molar-refractivity contribution in [3.63, 3.8) is 0 Å². The van der Waals surface area contributed by atoms with Crippen LogP contribution in [0.1, 0.15) is 50.7 Å². The molecule has 2 aromatic carbocycles. The summed E-state index contributed by atoms with van der Waals surface area (Å²) in [5.41, 5.74) is 4.03. The normalized spacial score (nSPS) is 17.3. The van der Waals surface area contributed by atoms with Crippen LogP contribution in [0.3, 0.4) is 0 Å². The van der Waals surface area contributed by atoms with Gasteiger partial charge in [0.25, 0.3) is 0 Å². The molecule has 0 saturated heterocycles. The Kier molecular flexibility index (Phi) is 5.41. The lowest BCUT2D eigenvalue weighted by atomic mass is 10.0. The molecular weight excluding hydrogens is 362 g/mol. The highest BCUT2D eigenvalue weighted by molar-refractivity contribution is 6.11. The van der Waals surface area contributed by atoms with Crippen LogP contribution >= 0.6 is 0 Å². The van der Waals surface area contributed by atoms with Crippen LogP contribution < -0.4 is 10.2 Å². The fourth-order valence-corrected chi connectivity index (χ4v) is 4.00. The summed E-state index contributed by atoms with van der Waals surface area (Å²) in [7, 11) is 0. The van der Waals surface area contributed by atoms with Gasteiger partial charge in [0.2, 0.25) is 11.8 Å². The largest absolute Gasteiger partial charge is 0.323 e. The number of fused-ring (bicyclic) bond motifs is 1. The van der Waals surface area contributed by atoms with Crippen LogP contribution in [0.4, 0.5) is 11.4 Å². The van der Waals surface area contributed by atoms with Crippen molar-refractivity contribution in [2.75, 3.05) is 16.8 Å². The number of anilines is 2. The first-order valence-electron chi connectivity index (χ1n) is 10.5. The average molecular weight is 392 g/mol. The Bertz CT molecular complexity index is 903. The third-order valence-electron chi connectivity index (χ3n) is 5.92. The number of nitrogens with zero attached hydrogens (tertiary/aromatic N) is 2. The van der Waals surface area contributed by atoms with E-state index in [1.165, 1.54) is 11.1 Å². The molecular formula is C24H29N3O2. The molecule has 0 bridgehead atoms.